The van der Waals surface area contributed by atoms with Gasteiger partial charge in [0.1, 0.15) is 0 Å². The van der Waals surface area contributed by atoms with Crippen LogP contribution in [0.15, 0.2) is 9.98 Å². The molecule has 3 nitrogen and oxygen atoms in total. The summed E-state index contributed by atoms with van der Waals surface area (Å²) in [5, 5.41) is 0. The molecule has 1 saturated carbocycles. The van der Waals surface area contributed by atoms with E-state index in [0.717, 1.165) is 6.54 Å². The Morgan fingerprint density at radius 2 is 2.07 bits per heavy atom. The fraction of sp³-hybridized carbons (Fsp3) is 0.818. The summed E-state index contributed by atoms with van der Waals surface area (Å²) in [5.41, 5.74) is 0. The van der Waals surface area contributed by atoms with Gasteiger partial charge in [0.15, 0.2) is 0 Å². The zero-order valence-corrected chi connectivity index (χ0v) is 8.78. The first kappa shape index (κ1) is 11.1. The summed E-state index contributed by atoms with van der Waals surface area (Å²) >= 11 is 0. The van der Waals surface area contributed by atoms with E-state index in [1.807, 2.05) is 13.1 Å². The highest BCUT2D eigenvalue weighted by atomic mass is 16.1. The van der Waals surface area contributed by atoms with Crippen LogP contribution in [-0.4, -0.2) is 25.4 Å². The number of carbonyl (C=O) groups excluding carboxylic acids is 1. The summed E-state index contributed by atoms with van der Waals surface area (Å²) in [6.45, 7) is 3.56. The smallest absolute Gasteiger partial charge is 0.234 e. The first-order valence-corrected chi connectivity index (χ1v) is 5.35. The van der Waals surface area contributed by atoms with Crippen LogP contribution in [0.1, 0.15) is 32.6 Å². The number of hydrogen-bond acceptors (Lipinski definition) is 3. The van der Waals surface area contributed by atoms with E-state index in [1.165, 1.54) is 25.7 Å². The second-order valence-corrected chi connectivity index (χ2v) is 3.95. The lowest BCUT2D eigenvalue weighted by atomic mass is 9.81. The predicted molar refractivity (Wildman–Crippen MR) is 57.5 cm³/mol. The number of rotatable bonds is 4. The Labute approximate surface area is 85.3 Å². The van der Waals surface area contributed by atoms with Gasteiger partial charge in [-0.05, 0) is 44.2 Å². The molecule has 78 valence electrons. The first-order chi connectivity index (χ1) is 6.86. The highest BCUT2D eigenvalue weighted by Crippen LogP contribution is 2.29. The zero-order chi connectivity index (χ0) is 10.2. The molecule has 0 N–H and O–H groups in total. The van der Waals surface area contributed by atoms with Crippen molar-refractivity contribution >= 4 is 12.3 Å². The quantitative estimate of drug-likeness (QED) is 0.499. The van der Waals surface area contributed by atoms with Gasteiger partial charge in [0.25, 0.3) is 0 Å². The van der Waals surface area contributed by atoms with Gasteiger partial charge in [-0.3, -0.25) is 4.99 Å². The normalized spacial score (nSPS) is 27.5. The van der Waals surface area contributed by atoms with Crippen molar-refractivity contribution in [1.29, 1.82) is 0 Å². The van der Waals surface area contributed by atoms with Crippen LogP contribution in [0.25, 0.3) is 0 Å². The molecule has 1 fully saturated rings. The summed E-state index contributed by atoms with van der Waals surface area (Å²) in [6.07, 6.45) is 8.39. The number of aliphatic imine (C=N–C) groups is 2. The lowest BCUT2D eigenvalue weighted by Gasteiger charge is -2.26. The van der Waals surface area contributed by atoms with Crippen LogP contribution in [0.5, 0.6) is 0 Å². The van der Waals surface area contributed by atoms with E-state index in [0.29, 0.717) is 18.4 Å². The van der Waals surface area contributed by atoms with Crippen molar-refractivity contribution in [1.82, 2.24) is 0 Å². The summed E-state index contributed by atoms with van der Waals surface area (Å²) in [4.78, 5) is 17.9. The highest BCUT2D eigenvalue weighted by Gasteiger charge is 2.21. The van der Waals surface area contributed by atoms with E-state index in [9.17, 15) is 4.79 Å². The highest BCUT2D eigenvalue weighted by molar-refractivity contribution is 5.53. The molecule has 0 amide bonds. The third-order valence-corrected chi connectivity index (χ3v) is 2.85. The average molecular weight is 194 g/mol. The molecule has 3 heteroatoms. The number of isocyanates is 1. The lowest BCUT2D eigenvalue weighted by molar-refractivity contribution is 0.278. The Morgan fingerprint density at radius 1 is 1.36 bits per heavy atom. The van der Waals surface area contributed by atoms with Crippen LogP contribution in [0.4, 0.5) is 0 Å². The molecule has 0 spiro atoms. The molecular formula is C11H18N2O. The van der Waals surface area contributed by atoms with Gasteiger partial charge in [0.05, 0.1) is 6.54 Å². The van der Waals surface area contributed by atoms with Gasteiger partial charge < -0.3 is 0 Å². The maximum absolute atomic E-state index is 9.99. The van der Waals surface area contributed by atoms with Crippen LogP contribution in [0.2, 0.25) is 0 Å². The summed E-state index contributed by atoms with van der Waals surface area (Å²) in [6, 6.07) is 0. The average Bonchev–Trinajstić information content (AvgIpc) is 2.24. The Balaban J connectivity index is 2.31. The largest absolute Gasteiger partial charge is 0.298 e. The molecule has 0 aliphatic heterocycles. The molecule has 0 bridgehead atoms. The van der Waals surface area contributed by atoms with Crippen LogP contribution in [0.3, 0.4) is 0 Å². The molecule has 0 heterocycles. The van der Waals surface area contributed by atoms with Crippen molar-refractivity contribution < 1.29 is 4.79 Å². The molecular weight excluding hydrogens is 176 g/mol. The summed E-state index contributed by atoms with van der Waals surface area (Å²) < 4.78 is 0. The van der Waals surface area contributed by atoms with Crippen LogP contribution in [-0.2, 0) is 4.79 Å². The molecule has 1 rings (SSSR count). The summed E-state index contributed by atoms with van der Waals surface area (Å²) in [5.74, 6) is 1.29. The molecule has 1 aliphatic rings. The second-order valence-electron chi connectivity index (χ2n) is 3.95. The predicted octanol–water partition coefficient (Wildman–Crippen LogP) is 2.22. The first-order valence-electron chi connectivity index (χ1n) is 5.35. The van der Waals surface area contributed by atoms with Crippen molar-refractivity contribution in [2.24, 2.45) is 21.8 Å². The SMILES string of the molecule is CC=NCC1CCCC(CN=C=O)C1. The monoisotopic (exact) mass is 194 g/mol. The van der Waals surface area contributed by atoms with Crippen LogP contribution < -0.4 is 0 Å². The van der Waals surface area contributed by atoms with Crippen LogP contribution >= 0.6 is 0 Å². The van der Waals surface area contributed by atoms with Gasteiger partial charge in [-0.15, -0.1) is 0 Å². The third-order valence-electron chi connectivity index (χ3n) is 2.85. The fourth-order valence-corrected chi connectivity index (χ4v) is 2.15. The molecule has 0 saturated heterocycles. The Hall–Kier alpha value is -0.950. The van der Waals surface area contributed by atoms with Gasteiger partial charge >= 0.3 is 0 Å². The Morgan fingerprint density at radius 3 is 2.71 bits per heavy atom. The van der Waals surface area contributed by atoms with Crippen molar-refractivity contribution in [3.8, 4) is 0 Å². The molecule has 2 atom stereocenters. The van der Waals surface area contributed by atoms with Gasteiger partial charge in [0, 0.05) is 6.54 Å². The zero-order valence-electron chi connectivity index (χ0n) is 8.78. The lowest BCUT2D eigenvalue weighted by Crippen LogP contribution is -2.19. The Bertz CT molecular complexity index is 231. The van der Waals surface area contributed by atoms with E-state index in [1.54, 1.807) is 6.08 Å². The van der Waals surface area contributed by atoms with Crippen molar-refractivity contribution in [3.05, 3.63) is 0 Å². The van der Waals surface area contributed by atoms with E-state index in [2.05, 4.69) is 9.98 Å². The standard InChI is InChI=1S/C11H18N2O/c1-2-12-7-10-4-3-5-11(6-10)8-13-9-14/h2,10-11H,3-8H2,1H3. The van der Waals surface area contributed by atoms with E-state index in [4.69, 9.17) is 0 Å². The molecule has 2 unspecified atom stereocenters. The number of hydrogen-bond donors (Lipinski definition) is 0. The molecule has 0 radical (unpaired) electrons. The molecule has 0 aromatic rings. The van der Waals surface area contributed by atoms with E-state index < -0.39 is 0 Å². The van der Waals surface area contributed by atoms with Gasteiger partial charge in [0.2, 0.25) is 6.08 Å². The topological polar surface area (TPSA) is 41.8 Å². The second kappa shape index (κ2) is 6.50. The van der Waals surface area contributed by atoms with Crippen molar-refractivity contribution in [3.63, 3.8) is 0 Å². The van der Waals surface area contributed by atoms with Gasteiger partial charge in [-0.1, -0.05) is 6.42 Å². The maximum atomic E-state index is 9.99. The molecule has 0 aromatic carbocycles. The maximum Gasteiger partial charge on any atom is 0.234 e. The molecule has 14 heavy (non-hydrogen) atoms. The van der Waals surface area contributed by atoms with Crippen molar-refractivity contribution in [2.75, 3.05) is 13.1 Å². The minimum Gasteiger partial charge on any atom is -0.298 e. The summed E-state index contributed by atoms with van der Waals surface area (Å²) in [7, 11) is 0. The van der Waals surface area contributed by atoms with Gasteiger partial charge in [-0.25, -0.2) is 9.79 Å². The third kappa shape index (κ3) is 3.84. The van der Waals surface area contributed by atoms with E-state index in [-0.39, 0.29) is 0 Å². The minimum absolute atomic E-state index is 0.585. The van der Waals surface area contributed by atoms with Gasteiger partial charge in [-0.2, -0.15) is 0 Å². The fourth-order valence-electron chi connectivity index (χ4n) is 2.15. The van der Waals surface area contributed by atoms with Crippen molar-refractivity contribution in [2.45, 2.75) is 32.6 Å². The number of nitrogens with zero attached hydrogens (tertiary/aromatic N) is 2. The molecule has 1 aliphatic carbocycles. The molecule has 0 aromatic heterocycles. The Kier molecular flexibility index (Phi) is 5.16. The minimum atomic E-state index is 0.585. The van der Waals surface area contributed by atoms with E-state index >= 15 is 0 Å². The van der Waals surface area contributed by atoms with Crippen LogP contribution in [0, 0.1) is 11.8 Å².